The molecule has 1 heterocycles. The van der Waals surface area contributed by atoms with Gasteiger partial charge in [0.15, 0.2) is 0 Å². The summed E-state index contributed by atoms with van der Waals surface area (Å²) >= 11 is 0. The van der Waals surface area contributed by atoms with Crippen molar-refractivity contribution in [2.24, 2.45) is 0 Å². The Morgan fingerprint density at radius 3 is 2.36 bits per heavy atom. The molecule has 5 heteroatoms. The smallest absolute Gasteiger partial charge is 0.310 e. The van der Waals surface area contributed by atoms with Gasteiger partial charge >= 0.3 is 5.97 Å². The van der Waals surface area contributed by atoms with Crippen LogP contribution in [0.5, 0.6) is 0 Å². The minimum absolute atomic E-state index is 0.204. The number of aliphatic carboxylic acids is 1. The van der Waals surface area contributed by atoms with E-state index in [9.17, 15) is 13.2 Å². The van der Waals surface area contributed by atoms with Gasteiger partial charge in [0, 0.05) is 0 Å². The molecule has 22 heavy (non-hydrogen) atoms. The number of fused-ring (bicyclic) bond motifs is 2. The molecule has 0 radical (unpaired) electrons. The van der Waals surface area contributed by atoms with Gasteiger partial charge in [-0.05, 0) is 41.8 Å². The van der Waals surface area contributed by atoms with E-state index in [0.29, 0.717) is 16.7 Å². The highest BCUT2D eigenvalue weighted by atomic mass is 32.2. The Morgan fingerprint density at radius 1 is 1.00 bits per heavy atom. The second-order valence-electron chi connectivity index (χ2n) is 5.23. The summed E-state index contributed by atoms with van der Waals surface area (Å²) in [5.74, 6) is -1.63. The zero-order valence-electron chi connectivity index (χ0n) is 11.9. The molecule has 1 unspecified atom stereocenters. The largest absolute Gasteiger partial charge is 0.481 e. The lowest BCUT2D eigenvalue weighted by Crippen LogP contribution is -2.09. The Balaban J connectivity index is 2.23. The van der Waals surface area contributed by atoms with Gasteiger partial charge in [-0.1, -0.05) is 36.4 Å². The second-order valence-corrected chi connectivity index (χ2v) is 7.12. The molecule has 2 aromatic rings. The first-order valence-electron chi connectivity index (χ1n) is 6.80. The van der Waals surface area contributed by atoms with Gasteiger partial charge < -0.3 is 5.11 Å². The van der Waals surface area contributed by atoms with Crippen LogP contribution in [0, 0.1) is 0 Å². The molecule has 1 atom stereocenters. The third-order valence-corrected chi connectivity index (χ3v) is 5.75. The van der Waals surface area contributed by atoms with Crippen LogP contribution in [-0.2, 0) is 14.6 Å². The van der Waals surface area contributed by atoms with E-state index in [1.807, 2.05) is 0 Å². The van der Waals surface area contributed by atoms with Crippen LogP contribution in [0.15, 0.2) is 52.3 Å². The van der Waals surface area contributed by atoms with Crippen LogP contribution in [0.4, 0.5) is 0 Å². The molecule has 0 bridgehead atoms. The molecule has 0 saturated heterocycles. The third kappa shape index (κ3) is 2.23. The number of hydrogen-bond donors (Lipinski definition) is 1. The van der Waals surface area contributed by atoms with Crippen molar-refractivity contribution < 1.29 is 18.3 Å². The standard InChI is InChI=1S/C17H14O4S/c1-11(17(18)19)13-8-9-16-14(10-13)7-6-12-4-2-3-5-15(12)22(16,20)21/h2-11H,1H3,(H,18,19). The number of hydrogen-bond acceptors (Lipinski definition) is 3. The van der Waals surface area contributed by atoms with Crippen molar-refractivity contribution in [1.29, 1.82) is 0 Å². The first kappa shape index (κ1) is 14.5. The fraction of sp³-hybridized carbons (Fsp3) is 0.118. The summed E-state index contributed by atoms with van der Waals surface area (Å²) in [4.78, 5) is 11.6. The van der Waals surface area contributed by atoms with E-state index in [0.717, 1.165) is 0 Å². The SMILES string of the molecule is CC(C(=O)O)c1ccc2c(c1)C=Cc1ccccc1S2(=O)=O. The summed E-state index contributed by atoms with van der Waals surface area (Å²) in [6.07, 6.45) is 3.46. The van der Waals surface area contributed by atoms with Gasteiger partial charge in [0.05, 0.1) is 15.7 Å². The van der Waals surface area contributed by atoms with E-state index < -0.39 is 21.7 Å². The van der Waals surface area contributed by atoms with Crippen molar-refractivity contribution in [3.8, 4) is 0 Å². The van der Waals surface area contributed by atoms with E-state index >= 15 is 0 Å². The molecule has 1 aliphatic rings. The third-order valence-electron chi connectivity index (χ3n) is 3.84. The predicted molar refractivity (Wildman–Crippen MR) is 83.3 cm³/mol. The highest BCUT2D eigenvalue weighted by molar-refractivity contribution is 7.91. The van der Waals surface area contributed by atoms with E-state index in [4.69, 9.17) is 5.11 Å². The van der Waals surface area contributed by atoms with Crippen molar-refractivity contribution in [1.82, 2.24) is 0 Å². The number of benzene rings is 2. The molecule has 0 aliphatic carbocycles. The van der Waals surface area contributed by atoms with E-state index in [2.05, 4.69) is 0 Å². The zero-order chi connectivity index (χ0) is 15.9. The Kier molecular flexibility index (Phi) is 3.37. The summed E-state index contributed by atoms with van der Waals surface area (Å²) in [5, 5.41) is 9.10. The van der Waals surface area contributed by atoms with Crippen LogP contribution in [0.3, 0.4) is 0 Å². The van der Waals surface area contributed by atoms with Crippen molar-refractivity contribution >= 4 is 28.0 Å². The quantitative estimate of drug-likeness (QED) is 0.788. The van der Waals surface area contributed by atoms with E-state index in [1.54, 1.807) is 55.5 Å². The molecule has 4 nitrogen and oxygen atoms in total. The molecular formula is C17H14O4S. The number of rotatable bonds is 2. The fourth-order valence-corrected chi connectivity index (χ4v) is 4.14. The summed E-state index contributed by atoms with van der Waals surface area (Å²) in [6.45, 7) is 1.58. The molecule has 1 aliphatic heterocycles. The molecule has 0 amide bonds. The Morgan fingerprint density at radius 2 is 1.64 bits per heavy atom. The zero-order valence-corrected chi connectivity index (χ0v) is 12.7. The number of sulfone groups is 1. The minimum atomic E-state index is -3.61. The maximum Gasteiger partial charge on any atom is 0.310 e. The highest BCUT2D eigenvalue weighted by Crippen LogP contribution is 2.33. The average molecular weight is 314 g/mol. The molecular weight excluding hydrogens is 300 g/mol. The molecule has 0 saturated carbocycles. The Hall–Kier alpha value is -2.40. The van der Waals surface area contributed by atoms with Gasteiger partial charge in [0.1, 0.15) is 0 Å². The monoisotopic (exact) mass is 314 g/mol. The molecule has 2 aromatic carbocycles. The fourth-order valence-electron chi connectivity index (χ4n) is 2.51. The molecule has 0 aromatic heterocycles. The number of carboxylic acid groups (broad SMARTS) is 1. The van der Waals surface area contributed by atoms with Crippen LogP contribution in [0.2, 0.25) is 0 Å². The average Bonchev–Trinajstić information content (AvgIpc) is 2.62. The van der Waals surface area contributed by atoms with Crippen LogP contribution >= 0.6 is 0 Å². The maximum absolute atomic E-state index is 12.8. The second kappa shape index (κ2) is 5.10. The van der Waals surface area contributed by atoms with Gasteiger partial charge in [-0.2, -0.15) is 0 Å². The lowest BCUT2D eigenvalue weighted by atomic mass is 9.99. The highest BCUT2D eigenvalue weighted by Gasteiger charge is 2.26. The molecule has 1 N–H and O–H groups in total. The summed E-state index contributed by atoms with van der Waals surface area (Å²) < 4.78 is 25.5. The van der Waals surface area contributed by atoms with Gasteiger partial charge in [-0.3, -0.25) is 4.79 Å². The van der Waals surface area contributed by atoms with Gasteiger partial charge in [-0.25, -0.2) is 8.42 Å². The first-order chi connectivity index (χ1) is 10.4. The Labute approximate surface area is 128 Å². The van der Waals surface area contributed by atoms with Crippen molar-refractivity contribution in [2.75, 3.05) is 0 Å². The summed E-state index contributed by atoms with van der Waals surface area (Å²) in [5.41, 5.74) is 1.73. The van der Waals surface area contributed by atoms with E-state index in [1.165, 1.54) is 6.07 Å². The topological polar surface area (TPSA) is 71.4 Å². The number of carbonyl (C=O) groups is 1. The van der Waals surface area contributed by atoms with Crippen LogP contribution in [0.25, 0.3) is 12.2 Å². The van der Waals surface area contributed by atoms with Crippen molar-refractivity contribution in [3.05, 3.63) is 59.2 Å². The maximum atomic E-state index is 12.8. The molecule has 112 valence electrons. The first-order valence-corrected chi connectivity index (χ1v) is 8.28. The van der Waals surface area contributed by atoms with Gasteiger partial charge in [-0.15, -0.1) is 0 Å². The predicted octanol–water partition coefficient (Wildman–Crippen LogP) is 3.19. The van der Waals surface area contributed by atoms with Crippen LogP contribution in [0.1, 0.15) is 29.5 Å². The lowest BCUT2D eigenvalue weighted by molar-refractivity contribution is -0.138. The lowest BCUT2D eigenvalue weighted by Gasteiger charge is -2.11. The molecule has 0 fully saturated rings. The van der Waals surface area contributed by atoms with Crippen molar-refractivity contribution in [2.45, 2.75) is 22.6 Å². The summed E-state index contributed by atoms with van der Waals surface area (Å²) in [6, 6.07) is 11.5. The summed E-state index contributed by atoms with van der Waals surface area (Å²) in [7, 11) is -3.61. The minimum Gasteiger partial charge on any atom is -0.481 e. The van der Waals surface area contributed by atoms with Gasteiger partial charge in [0.25, 0.3) is 0 Å². The molecule has 3 rings (SSSR count). The van der Waals surface area contributed by atoms with E-state index in [-0.39, 0.29) is 9.79 Å². The normalized spacial score (nSPS) is 16.2. The molecule has 0 spiro atoms. The number of carboxylic acids is 1. The van der Waals surface area contributed by atoms with Gasteiger partial charge in [0.2, 0.25) is 9.84 Å². The van der Waals surface area contributed by atoms with Crippen LogP contribution < -0.4 is 0 Å². The van der Waals surface area contributed by atoms with Crippen molar-refractivity contribution in [3.63, 3.8) is 0 Å². The van der Waals surface area contributed by atoms with Crippen LogP contribution in [-0.4, -0.2) is 19.5 Å². The Bertz CT molecular complexity index is 895.